The average molecular weight is 274 g/mol. The van der Waals surface area contributed by atoms with E-state index in [0.717, 1.165) is 34.5 Å². The maximum atomic E-state index is 11.7. The molecule has 0 fully saturated rings. The lowest BCUT2D eigenvalue weighted by atomic mass is 10.0. The summed E-state index contributed by atoms with van der Waals surface area (Å²) in [6, 6.07) is 18.2. The van der Waals surface area contributed by atoms with E-state index in [0.29, 0.717) is 6.42 Å². The van der Waals surface area contributed by atoms with Gasteiger partial charge >= 0.3 is 0 Å². The second kappa shape index (κ2) is 4.70. The van der Waals surface area contributed by atoms with Crippen molar-refractivity contribution in [3.05, 3.63) is 71.9 Å². The first-order valence-corrected chi connectivity index (χ1v) is 7.09. The van der Waals surface area contributed by atoms with Crippen molar-refractivity contribution in [2.24, 2.45) is 0 Å². The smallest absolute Gasteiger partial charge is 0.163 e. The zero-order valence-corrected chi connectivity index (χ0v) is 11.5. The van der Waals surface area contributed by atoms with E-state index in [1.165, 1.54) is 0 Å². The number of benzene rings is 2. The Bertz CT molecular complexity index is 818. The molecule has 0 atom stereocenters. The molecule has 1 aliphatic carbocycles. The third-order valence-corrected chi connectivity index (χ3v) is 3.97. The van der Waals surface area contributed by atoms with Crippen molar-refractivity contribution in [1.82, 2.24) is 9.78 Å². The van der Waals surface area contributed by atoms with Crippen LogP contribution in [-0.2, 0) is 6.42 Å². The highest BCUT2D eigenvalue weighted by atomic mass is 16.1. The lowest BCUT2D eigenvalue weighted by molar-refractivity contribution is 0.0994. The molecule has 3 heteroatoms. The number of Topliss-reactive ketones (excluding diaryl/α,β-unsaturated/α-hetero) is 1. The molecule has 1 aliphatic rings. The molecule has 0 amide bonds. The van der Waals surface area contributed by atoms with Gasteiger partial charge in [0, 0.05) is 17.5 Å². The molecule has 0 saturated heterocycles. The van der Waals surface area contributed by atoms with E-state index in [2.05, 4.69) is 11.2 Å². The maximum Gasteiger partial charge on any atom is 0.163 e. The van der Waals surface area contributed by atoms with Crippen molar-refractivity contribution in [2.75, 3.05) is 0 Å². The maximum absolute atomic E-state index is 11.7. The topological polar surface area (TPSA) is 34.9 Å². The largest absolute Gasteiger partial charge is 0.294 e. The Kier molecular flexibility index (Phi) is 2.71. The Hall–Kier alpha value is -2.68. The lowest BCUT2D eigenvalue weighted by Gasteiger charge is -2.09. The van der Waals surface area contributed by atoms with Crippen molar-refractivity contribution >= 4 is 5.78 Å². The van der Waals surface area contributed by atoms with E-state index in [1.54, 1.807) is 6.20 Å². The van der Waals surface area contributed by atoms with Crippen LogP contribution in [0.4, 0.5) is 0 Å². The van der Waals surface area contributed by atoms with Gasteiger partial charge in [0.15, 0.2) is 5.78 Å². The van der Waals surface area contributed by atoms with Crippen LogP contribution in [0, 0.1) is 0 Å². The number of carbonyl (C=O) groups is 1. The fraction of sp³-hybridized carbons (Fsp3) is 0.111. The van der Waals surface area contributed by atoms with Crippen LogP contribution in [0.5, 0.6) is 0 Å². The molecule has 0 radical (unpaired) electrons. The first kappa shape index (κ1) is 12.1. The van der Waals surface area contributed by atoms with Gasteiger partial charge < -0.3 is 0 Å². The minimum absolute atomic E-state index is 0.258. The molecule has 0 saturated carbocycles. The van der Waals surface area contributed by atoms with E-state index >= 15 is 0 Å². The van der Waals surface area contributed by atoms with Crippen molar-refractivity contribution in [3.8, 4) is 16.9 Å². The Morgan fingerprint density at radius 2 is 1.81 bits per heavy atom. The Balaban J connectivity index is 1.82. The van der Waals surface area contributed by atoms with Crippen LogP contribution in [0.2, 0.25) is 0 Å². The number of aromatic nitrogens is 2. The van der Waals surface area contributed by atoms with Gasteiger partial charge in [-0.1, -0.05) is 30.3 Å². The number of ketones is 1. The summed E-state index contributed by atoms with van der Waals surface area (Å²) in [5, 5.41) is 4.42. The number of nitrogens with zero attached hydrogens (tertiary/aromatic N) is 2. The Labute approximate surface area is 122 Å². The fourth-order valence-electron chi connectivity index (χ4n) is 2.91. The summed E-state index contributed by atoms with van der Waals surface area (Å²) in [5.74, 6) is 0.258. The van der Waals surface area contributed by atoms with Gasteiger partial charge in [-0.2, -0.15) is 5.10 Å². The predicted molar refractivity (Wildman–Crippen MR) is 81.7 cm³/mol. The van der Waals surface area contributed by atoms with E-state index in [4.69, 9.17) is 0 Å². The summed E-state index contributed by atoms with van der Waals surface area (Å²) < 4.78 is 1.93. The SMILES string of the molecule is O=C1CCc2cc(-c3ccnn3-c3ccccc3)ccc21. The normalized spacial score (nSPS) is 13.4. The number of para-hydroxylation sites is 1. The van der Waals surface area contributed by atoms with Gasteiger partial charge in [0.25, 0.3) is 0 Å². The van der Waals surface area contributed by atoms with E-state index in [1.807, 2.05) is 53.2 Å². The monoisotopic (exact) mass is 274 g/mol. The van der Waals surface area contributed by atoms with E-state index in [-0.39, 0.29) is 5.78 Å². The van der Waals surface area contributed by atoms with E-state index in [9.17, 15) is 4.79 Å². The van der Waals surface area contributed by atoms with Gasteiger partial charge in [-0.25, -0.2) is 4.68 Å². The van der Waals surface area contributed by atoms with Crippen LogP contribution < -0.4 is 0 Å². The van der Waals surface area contributed by atoms with Gasteiger partial charge in [-0.3, -0.25) is 4.79 Å². The third kappa shape index (κ3) is 1.98. The highest BCUT2D eigenvalue weighted by Gasteiger charge is 2.20. The molecular formula is C18H14N2O. The summed E-state index contributed by atoms with van der Waals surface area (Å²) in [6.07, 6.45) is 3.29. The number of aryl methyl sites for hydroxylation is 1. The quantitative estimate of drug-likeness (QED) is 0.714. The molecule has 2 aromatic carbocycles. The molecule has 3 nitrogen and oxygen atoms in total. The molecular weight excluding hydrogens is 260 g/mol. The van der Waals surface area contributed by atoms with Crippen LogP contribution in [0.15, 0.2) is 60.8 Å². The predicted octanol–water partition coefficient (Wildman–Crippen LogP) is 3.67. The van der Waals surface area contributed by atoms with Crippen LogP contribution in [0.1, 0.15) is 22.3 Å². The molecule has 102 valence electrons. The standard InChI is InChI=1S/C18H14N2O/c21-18-9-7-13-12-14(6-8-16(13)18)17-10-11-19-20(17)15-4-2-1-3-5-15/h1-6,8,10-12H,7,9H2. The van der Waals surface area contributed by atoms with Gasteiger partial charge in [0.05, 0.1) is 17.6 Å². The zero-order valence-electron chi connectivity index (χ0n) is 11.5. The highest BCUT2D eigenvalue weighted by Crippen LogP contribution is 2.29. The molecule has 1 aromatic heterocycles. The molecule has 4 rings (SSSR count). The summed E-state index contributed by atoms with van der Waals surface area (Å²) in [6.45, 7) is 0. The highest BCUT2D eigenvalue weighted by molar-refractivity contribution is 6.00. The van der Waals surface area contributed by atoms with Gasteiger partial charge in [0.1, 0.15) is 0 Å². The molecule has 1 heterocycles. The Morgan fingerprint density at radius 3 is 2.67 bits per heavy atom. The lowest BCUT2D eigenvalue weighted by Crippen LogP contribution is -1.99. The van der Waals surface area contributed by atoms with Crippen molar-refractivity contribution in [3.63, 3.8) is 0 Å². The molecule has 21 heavy (non-hydrogen) atoms. The summed E-state index contributed by atoms with van der Waals surface area (Å²) in [7, 11) is 0. The average Bonchev–Trinajstić information content (AvgIpc) is 3.15. The number of hydrogen-bond donors (Lipinski definition) is 0. The van der Waals surface area contributed by atoms with Crippen LogP contribution in [0.3, 0.4) is 0 Å². The zero-order chi connectivity index (χ0) is 14.2. The van der Waals surface area contributed by atoms with E-state index < -0.39 is 0 Å². The van der Waals surface area contributed by atoms with Crippen molar-refractivity contribution < 1.29 is 4.79 Å². The number of hydrogen-bond acceptors (Lipinski definition) is 2. The first-order chi connectivity index (χ1) is 10.3. The number of rotatable bonds is 2. The molecule has 0 spiro atoms. The first-order valence-electron chi connectivity index (χ1n) is 7.09. The Morgan fingerprint density at radius 1 is 0.952 bits per heavy atom. The molecule has 0 bridgehead atoms. The van der Waals surface area contributed by atoms with Crippen molar-refractivity contribution in [1.29, 1.82) is 0 Å². The van der Waals surface area contributed by atoms with Crippen LogP contribution in [0.25, 0.3) is 16.9 Å². The third-order valence-electron chi connectivity index (χ3n) is 3.97. The van der Waals surface area contributed by atoms with Crippen LogP contribution in [-0.4, -0.2) is 15.6 Å². The minimum atomic E-state index is 0.258. The molecule has 0 aliphatic heterocycles. The number of carbonyl (C=O) groups excluding carboxylic acids is 1. The summed E-state index contributed by atoms with van der Waals surface area (Å²) in [5.41, 5.74) is 5.21. The van der Waals surface area contributed by atoms with Gasteiger partial charge in [0.2, 0.25) is 0 Å². The molecule has 0 N–H and O–H groups in total. The fourth-order valence-corrected chi connectivity index (χ4v) is 2.91. The summed E-state index contributed by atoms with van der Waals surface area (Å²) >= 11 is 0. The van der Waals surface area contributed by atoms with Crippen LogP contribution >= 0.6 is 0 Å². The van der Waals surface area contributed by atoms with Gasteiger partial charge in [-0.05, 0) is 36.2 Å². The number of fused-ring (bicyclic) bond motifs is 1. The van der Waals surface area contributed by atoms with Gasteiger partial charge in [-0.15, -0.1) is 0 Å². The second-order valence-corrected chi connectivity index (χ2v) is 5.26. The minimum Gasteiger partial charge on any atom is -0.294 e. The second-order valence-electron chi connectivity index (χ2n) is 5.26. The summed E-state index contributed by atoms with van der Waals surface area (Å²) in [4.78, 5) is 11.7. The molecule has 3 aromatic rings. The molecule has 0 unspecified atom stereocenters. The van der Waals surface area contributed by atoms with Crippen molar-refractivity contribution in [2.45, 2.75) is 12.8 Å².